The number of carbonyl (C=O) groups is 2. The van der Waals surface area contributed by atoms with Gasteiger partial charge in [0, 0.05) is 29.1 Å². The fourth-order valence-electron chi connectivity index (χ4n) is 3.59. The third-order valence-electron chi connectivity index (χ3n) is 5.38. The Bertz CT molecular complexity index is 1100. The molecule has 1 unspecified atom stereocenters. The molecule has 0 saturated carbocycles. The molecule has 1 saturated heterocycles. The molecule has 8 heteroatoms. The molecule has 2 amide bonds. The summed E-state index contributed by atoms with van der Waals surface area (Å²) in [6.07, 6.45) is 0. The summed E-state index contributed by atoms with van der Waals surface area (Å²) in [6.45, 7) is 2.31. The van der Waals surface area contributed by atoms with E-state index in [2.05, 4.69) is 10.6 Å². The van der Waals surface area contributed by atoms with Gasteiger partial charge in [-0.3, -0.25) is 9.59 Å². The first-order valence-corrected chi connectivity index (χ1v) is 10.8. The van der Waals surface area contributed by atoms with Crippen molar-refractivity contribution in [1.82, 2.24) is 10.2 Å². The molecule has 4 N–H and O–H groups in total. The predicted octanol–water partition coefficient (Wildman–Crippen LogP) is 3.82. The standard InChI is InChI=1S/C23H23FN4O2S/c1-23(24,28-11-10-26-14-21(28)29)17-7-4-15(5-8-17)22(30)27-19-13-16(6-9-18(19)25)20-3-2-12-31-20/h2-9,12-13,26H,10-11,14,25H2,1H3,(H,27,30). The lowest BCUT2D eigenvalue weighted by atomic mass is 10.0. The van der Waals surface area contributed by atoms with Gasteiger partial charge in [-0.25, -0.2) is 4.39 Å². The monoisotopic (exact) mass is 438 g/mol. The fourth-order valence-corrected chi connectivity index (χ4v) is 4.31. The molecule has 1 aromatic heterocycles. The zero-order valence-corrected chi connectivity index (χ0v) is 17.8. The van der Waals surface area contributed by atoms with Gasteiger partial charge in [0.1, 0.15) is 0 Å². The molecule has 0 bridgehead atoms. The highest BCUT2D eigenvalue weighted by Gasteiger charge is 2.38. The third-order valence-corrected chi connectivity index (χ3v) is 6.30. The van der Waals surface area contributed by atoms with Crippen LogP contribution in [0.15, 0.2) is 60.0 Å². The molecular formula is C23H23FN4O2S. The first kappa shape index (κ1) is 21.0. The number of amides is 2. The molecule has 0 aliphatic carbocycles. The van der Waals surface area contributed by atoms with Crippen molar-refractivity contribution in [3.63, 3.8) is 0 Å². The van der Waals surface area contributed by atoms with E-state index in [-0.39, 0.29) is 24.9 Å². The number of nitrogens with two attached hydrogens (primary N) is 1. The number of nitrogens with zero attached hydrogens (tertiary/aromatic N) is 1. The Hall–Kier alpha value is -3.23. The summed E-state index contributed by atoms with van der Waals surface area (Å²) in [4.78, 5) is 27.1. The van der Waals surface area contributed by atoms with E-state index in [4.69, 9.17) is 5.73 Å². The van der Waals surface area contributed by atoms with Crippen LogP contribution in [0, 0.1) is 0 Å². The summed E-state index contributed by atoms with van der Waals surface area (Å²) >= 11 is 1.60. The molecule has 160 valence electrons. The van der Waals surface area contributed by atoms with E-state index >= 15 is 4.39 Å². The molecule has 3 aromatic rings. The van der Waals surface area contributed by atoms with Crippen molar-refractivity contribution in [2.75, 3.05) is 30.7 Å². The van der Waals surface area contributed by atoms with Crippen LogP contribution < -0.4 is 16.4 Å². The smallest absolute Gasteiger partial charge is 0.255 e. The highest BCUT2D eigenvalue weighted by Crippen LogP contribution is 2.32. The minimum atomic E-state index is -1.95. The number of hydrogen-bond acceptors (Lipinski definition) is 5. The van der Waals surface area contributed by atoms with Gasteiger partial charge in [-0.05, 0) is 48.2 Å². The fraction of sp³-hybridized carbons (Fsp3) is 0.217. The highest BCUT2D eigenvalue weighted by atomic mass is 32.1. The maximum absolute atomic E-state index is 15.4. The zero-order chi connectivity index (χ0) is 22.0. The largest absolute Gasteiger partial charge is 0.397 e. The van der Waals surface area contributed by atoms with Crippen LogP contribution in [0.4, 0.5) is 15.8 Å². The Kier molecular flexibility index (Phi) is 5.75. The van der Waals surface area contributed by atoms with Gasteiger partial charge in [-0.2, -0.15) is 0 Å². The quantitative estimate of drug-likeness (QED) is 0.417. The lowest BCUT2D eigenvalue weighted by Crippen LogP contribution is -2.54. The maximum atomic E-state index is 15.4. The number of piperazine rings is 1. The van der Waals surface area contributed by atoms with E-state index in [1.54, 1.807) is 29.5 Å². The van der Waals surface area contributed by atoms with Crippen LogP contribution in [-0.4, -0.2) is 36.3 Å². The Labute approximate surface area is 183 Å². The molecule has 1 fully saturated rings. The number of nitrogens with one attached hydrogen (secondary N) is 2. The number of thiophene rings is 1. The number of carbonyl (C=O) groups excluding carboxylic acids is 2. The molecule has 2 aromatic carbocycles. The van der Waals surface area contributed by atoms with E-state index in [1.807, 2.05) is 29.6 Å². The van der Waals surface area contributed by atoms with Gasteiger partial charge >= 0.3 is 0 Å². The summed E-state index contributed by atoms with van der Waals surface area (Å²) in [5.74, 6) is -2.59. The van der Waals surface area contributed by atoms with Gasteiger partial charge in [0.05, 0.1) is 17.9 Å². The lowest BCUT2D eigenvalue weighted by molar-refractivity contribution is -0.147. The Morgan fingerprint density at radius 2 is 2.00 bits per heavy atom. The average Bonchev–Trinajstić information content (AvgIpc) is 3.30. The summed E-state index contributed by atoms with van der Waals surface area (Å²) in [6, 6.07) is 15.6. The van der Waals surface area contributed by atoms with E-state index in [0.29, 0.717) is 29.0 Å². The van der Waals surface area contributed by atoms with Crippen LogP contribution >= 0.6 is 11.3 Å². The third kappa shape index (κ3) is 4.30. The van der Waals surface area contributed by atoms with Crippen molar-refractivity contribution >= 4 is 34.5 Å². The van der Waals surface area contributed by atoms with Crippen molar-refractivity contribution in [1.29, 1.82) is 0 Å². The van der Waals surface area contributed by atoms with Crippen molar-refractivity contribution < 1.29 is 14.0 Å². The zero-order valence-electron chi connectivity index (χ0n) is 17.0. The van der Waals surface area contributed by atoms with Crippen LogP contribution in [-0.2, 0) is 10.6 Å². The lowest BCUT2D eigenvalue weighted by Gasteiger charge is -2.38. The van der Waals surface area contributed by atoms with Gasteiger partial charge in [-0.15, -0.1) is 11.3 Å². The second-order valence-corrected chi connectivity index (χ2v) is 8.43. The summed E-state index contributed by atoms with van der Waals surface area (Å²) in [5.41, 5.74) is 8.66. The van der Waals surface area contributed by atoms with Crippen LogP contribution in [0.2, 0.25) is 0 Å². The summed E-state index contributed by atoms with van der Waals surface area (Å²) in [5, 5.41) is 7.75. The van der Waals surface area contributed by atoms with E-state index in [1.165, 1.54) is 24.0 Å². The number of alkyl halides is 1. The first-order chi connectivity index (χ1) is 14.9. The molecule has 0 spiro atoms. The molecule has 6 nitrogen and oxygen atoms in total. The first-order valence-electron chi connectivity index (χ1n) is 9.91. The molecule has 1 aliphatic heterocycles. The van der Waals surface area contributed by atoms with E-state index in [9.17, 15) is 9.59 Å². The Morgan fingerprint density at radius 1 is 1.23 bits per heavy atom. The average molecular weight is 439 g/mol. The summed E-state index contributed by atoms with van der Waals surface area (Å²) in [7, 11) is 0. The molecule has 1 atom stereocenters. The number of halogens is 1. The number of anilines is 2. The SMILES string of the molecule is CC(F)(c1ccc(C(=O)Nc2cc(-c3cccs3)ccc2N)cc1)N1CCNCC1=O. The van der Waals surface area contributed by atoms with Gasteiger partial charge in [0.15, 0.2) is 0 Å². The molecular weight excluding hydrogens is 415 g/mol. The van der Waals surface area contributed by atoms with Crippen LogP contribution in [0.5, 0.6) is 0 Å². The van der Waals surface area contributed by atoms with E-state index in [0.717, 1.165) is 10.4 Å². The summed E-state index contributed by atoms with van der Waals surface area (Å²) < 4.78 is 15.4. The van der Waals surface area contributed by atoms with E-state index < -0.39 is 5.79 Å². The van der Waals surface area contributed by atoms with Gasteiger partial charge in [0.25, 0.3) is 5.91 Å². The second kappa shape index (κ2) is 8.49. The topological polar surface area (TPSA) is 87.5 Å². The van der Waals surface area contributed by atoms with Crippen molar-refractivity contribution in [2.45, 2.75) is 12.7 Å². The van der Waals surface area contributed by atoms with Crippen molar-refractivity contribution in [2.24, 2.45) is 0 Å². The van der Waals surface area contributed by atoms with Gasteiger partial charge < -0.3 is 21.3 Å². The molecule has 4 rings (SSSR count). The predicted molar refractivity (Wildman–Crippen MR) is 122 cm³/mol. The van der Waals surface area contributed by atoms with Gasteiger partial charge in [-0.1, -0.05) is 24.3 Å². The number of hydrogen-bond donors (Lipinski definition) is 3. The molecule has 31 heavy (non-hydrogen) atoms. The minimum absolute atomic E-state index is 0.117. The molecule has 0 radical (unpaired) electrons. The second-order valence-electron chi connectivity index (χ2n) is 7.49. The maximum Gasteiger partial charge on any atom is 0.255 e. The highest BCUT2D eigenvalue weighted by molar-refractivity contribution is 7.13. The Balaban J connectivity index is 1.51. The molecule has 1 aliphatic rings. The van der Waals surface area contributed by atoms with Crippen molar-refractivity contribution in [3.05, 3.63) is 71.1 Å². The number of benzene rings is 2. The normalized spacial score (nSPS) is 16.1. The number of nitrogen functional groups attached to an aromatic ring is 1. The number of rotatable bonds is 5. The van der Waals surface area contributed by atoms with Crippen LogP contribution in [0.3, 0.4) is 0 Å². The molecule has 2 heterocycles. The Morgan fingerprint density at radius 3 is 2.68 bits per heavy atom. The minimum Gasteiger partial charge on any atom is -0.397 e. The van der Waals surface area contributed by atoms with Crippen LogP contribution in [0.25, 0.3) is 10.4 Å². The van der Waals surface area contributed by atoms with Gasteiger partial charge in [0.2, 0.25) is 11.7 Å². The van der Waals surface area contributed by atoms with Crippen LogP contribution in [0.1, 0.15) is 22.8 Å². The van der Waals surface area contributed by atoms with Crippen molar-refractivity contribution in [3.8, 4) is 10.4 Å².